The molecule has 1 aromatic rings. The number of hydrogen-bond acceptors (Lipinski definition) is 3. The van der Waals surface area contributed by atoms with Crippen molar-refractivity contribution in [3.05, 3.63) is 29.8 Å². The number of amides is 1. The Labute approximate surface area is 123 Å². The summed E-state index contributed by atoms with van der Waals surface area (Å²) in [6.45, 7) is 3.94. The van der Waals surface area contributed by atoms with E-state index in [1.807, 2.05) is 4.90 Å². The zero-order valence-corrected chi connectivity index (χ0v) is 12.4. The maximum Gasteiger partial charge on any atom is 0.335 e. The van der Waals surface area contributed by atoms with Gasteiger partial charge in [0.15, 0.2) is 0 Å². The second-order valence-electron chi connectivity index (χ2n) is 5.18. The van der Waals surface area contributed by atoms with Crippen LogP contribution in [-0.2, 0) is 4.79 Å². The zero-order valence-electron chi connectivity index (χ0n) is 11.5. The molecule has 1 aromatic carbocycles. The van der Waals surface area contributed by atoms with Crippen molar-refractivity contribution in [3.63, 3.8) is 0 Å². The van der Waals surface area contributed by atoms with Crippen LogP contribution in [-0.4, -0.2) is 40.7 Å². The van der Waals surface area contributed by atoms with E-state index in [1.165, 1.54) is 11.8 Å². The van der Waals surface area contributed by atoms with Gasteiger partial charge in [0.1, 0.15) is 0 Å². The van der Waals surface area contributed by atoms with Crippen LogP contribution in [0.25, 0.3) is 0 Å². The number of carboxylic acids is 1. The van der Waals surface area contributed by atoms with Crippen LogP contribution in [0, 0.1) is 5.92 Å². The van der Waals surface area contributed by atoms with Crippen LogP contribution < -0.4 is 0 Å². The summed E-state index contributed by atoms with van der Waals surface area (Å²) in [6.07, 6.45) is 2.17. The number of piperidine rings is 1. The van der Waals surface area contributed by atoms with Gasteiger partial charge in [-0.1, -0.05) is 6.92 Å². The summed E-state index contributed by atoms with van der Waals surface area (Å²) < 4.78 is 0. The number of nitrogens with zero attached hydrogens (tertiary/aromatic N) is 1. The quantitative estimate of drug-likeness (QED) is 0.867. The smallest absolute Gasteiger partial charge is 0.335 e. The van der Waals surface area contributed by atoms with Gasteiger partial charge < -0.3 is 10.0 Å². The Morgan fingerprint density at radius 3 is 2.40 bits per heavy atom. The SMILES string of the molecule is CC1CCN(C(=O)CSc2ccc(C(=O)O)cc2)CC1. The molecule has 0 bridgehead atoms. The van der Waals surface area contributed by atoms with Crippen molar-refractivity contribution >= 4 is 23.6 Å². The van der Waals surface area contributed by atoms with E-state index in [4.69, 9.17) is 5.11 Å². The minimum absolute atomic E-state index is 0.171. The van der Waals surface area contributed by atoms with Gasteiger partial charge in [0.25, 0.3) is 0 Å². The molecule has 1 saturated heterocycles. The van der Waals surface area contributed by atoms with Crippen molar-refractivity contribution in [3.8, 4) is 0 Å². The van der Waals surface area contributed by atoms with Crippen molar-refractivity contribution in [2.45, 2.75) is 24.7 Å². The van der Waals surface area contributed by atoms with E-state index >= 15 is 0 Å². The van der Waals surface area contributed by atoms with Crippen LogP contribution in [0.2, 0.25) is 0 Å². The summed E-state index contributed by atoms with van der Waals surface area (Å²) in [4.78, 5) is 25.7. The molecule has 0 saturated carbocycles. The van der Waals surface area contributed by atoms with Crippen LogP contribution in [0.3, 0.4) is 0 Å². The molecule has 5 heteroatoms. The molecule has 1 N–H and O–H groups in total. The number of hydrogen-bond donors (Lipinski definition) is 1. The number of carboxylic acid groups (broad SMARTS) is 1. The highest BCUT2D eigenvalue weighted by Gasteiger charge is 2.20. The maximum absolute atomic E-state index is 12.1. The Kier molecular flexibility index (Phi) is 5.06. The molecule has 0 radical (unpaired) electrons. The van der Waals surface area contributed by atoms with E-state index in [0.717, 1.165) is 36.7 Å². The highest BCUT2D eigenvalue weighted by atomic mass is 32.2. The van der Waals surface area contributed by atoms with E-state index in [9.17, 15) is 9.59 Å². The lowest BCUT2D eigenvalue weighted by Crippen LogP contribution is -2.38. The van der Waals surface area contributed by atoms with Crippen LogP contribution in [0.1, 0.15) is 30.1 Å². The number of carbonyl (C=O) groups is 2. The van der Waals surface area contributed by atoms with E-state index in [1.54, 1.807) is 24.3 Å². The Balaban J connectivity index is 1.82. The first-order valence-corrected chi connectivity index (χ1v) is 7.79. The third-order valence-electron chi connectivity index (χ3n) is 3.60. The number of thioether (sulfide) groups is 1. The summed E-state index contributed by atoms with van der Waals surface area (Å²) in [5, 5.41) is 8.82. The number of likely N-dealkylation sites (tertiary alicyclic amines) is 1. The Morgan fingerprint density at radius 2 is 1.85 bits per heavy atom. The first-order chi connectivity index (χ1) is 9.56. The second-order valence-corrected chi connectivity index (χ2v) is 6.23. The molecule has 1 amide bonds. The fourth-order valence-electron chi connectivity index (χ4n) is 2.19. The molecule has 0 unspecified atom stereocenters. The summed E-state index contributed by atoms with van der Waals surface area (Å²) in [6, 6.07) is 6.63. The van der Waals surface area contributed by atoms with Crippen molar-refractivity contribution in [2.24, 2.45) is 5.92 Å². The van der Waals surface area contributed by atoms with E-state index in [0.29, 0.717) is 5.75 Å². The molecular weight excluding hydrogens is 274 g/mol. The Morgan fingerprint density at radius 1 is 1.25 bits per heavy atom. The minimum Gasteiger partial charge on any atom is -0.478 e. The second kappa shape index (κ2) is 6.79. The first kappa shape index (κ1) is 14.9. The summed E-state index contributed by atoms with van der Waals surface area (Å²) in [5.41, 5.74) is 0.269. The van der Waals surface area contributed by atoms with Crippen LogP contribution in [0.5, 0.6) is 0 Å². The lowest BCUT2D eigenvalue weighted by atomic mass is 9.99. The first-order valence-electron chi connectivity index (χ1n) is 6.80. The van der Waals surface area contributed by atoms with E-state index in [-0.39, 0.29) is 11.5 Å². The molecule has 108 valence electrons. The standard InChI is InChI=1S/C15H19NO3S/c1-11-6-8-16(9-7-11)14(17)10-20-13-4-2-12(3-5-13)15(18)19/h2-5,11H,6-10H2,1H3,(H,18,19). The number of rotatable bonds is 4. The Hall–Kier alpha value is -1.49. The third kappa shape index (κ3) is 4.00. The lowest BCUT2D eigenvalue weighted by molar-refractivity contribution is -0.129. The molecule has 1 aliphatic heterocycles. The number of benzene rings is 1. The summed E-state index contributed by atoms with van der Waals surface area (Å²) >= 11 is 1.46. The van der Waals surface area contributed by atoms with Gasteiger partial charge in [0, 0.05) is 18.0 Å². The Bertz CT molecular complexity index is 478. The molecular formula is C15H19NO3S. The van der Waals surface area contributed by atoms with Gasteiger partial charge in [-0.2, -0.15) is 0 Å². The zero-order chi connectivity index (χ0) is 14.5. The highest BCUT2D eigenvalue weighted by Crippen LogP contribution is 2.21. The molecule has 0 spiro atoms. The fourth-order valence-corrected chi connectivity index (χ4v) is 2.99. The summed E-state index contributed by atoms with van der Waals surface area (Å²) in [7, 11) is 0. The number of aromatic carboxylic acids is 1. The van der Waals surface area contributed by atoms with E-state index < -0.39 is 5.97 Å². The van der Waals surface area contributed by atoms with Gasteiger partial charge >= 0.3 is 5.97 Å². The fraction of sp³-hybridized carbons (Fsp3) is 0.467. The van der Waals surface area contributed by atoms with Gasteiger partial charge in [-0.05, 0) is 43.0 Å². The van der Waals surface area contributed by atoms with Crippen molar-refractivity contribution in [2.75, 3.05) is 18.8 Å². The predicted molar refractivity (Wildman–Crippen MR) is 79.1 cm³/mol. The largest absolute Gasteiger partial charge is 0.478 e. The molecule has 4 nitrogen and oxygen atoms in total. The van der Waals surface area contributed by atoms with E-state index in [2.05, 4.69) is 6.92 Å². The average Bonchev–Trinajstić information content (AvgIpc) is 2.46. The van der Waals surface area contributed by atoms with Crippen molar-refractivity contribution in [1.29, 1.82) is 0 Å². The molecule has 0 aromatic heterocycles. The normalized spacial score (nSPS) is 16.1. The molecule has 2 rings (SSSR count). The van der Waals surface area contributed by atoms with Gasteiger partial charge in [0.05, 0.1) is 11.3 Å². The van der Waals surface area contributed by atoms with Crippen molar-refractivity contribution in [1.82, 2.24) is 4.90 Å². The molecule has 1 fully saturated rings. The predicted octanol–water partition coefficient (Wildman–Crippen LogP) is 2.74. The molecule has 20 heavy (non-hydrogen) atoms. The third-order valence-corrected chi connectivity index (χ3v) is 4.60. The van der Waals surface area contributed by atoms with Gasteiger partial charge in [-0.25, -0.2) is 4.79 Å². The average molecular weight is 293 g/mol. The number of carbonyl (C=O) groups excluding carboxylic acids is 1. The topological polar surface area (TPSA) is 57.6 Å². The van der Waals surface area contributed by atoms with Gasteiger partial charge in [-0.3, -0.25) is 4.79 Å². The lowest BCUT2D eigenvalue weighted by Gasteiger charge is -2.30. The van der Waals surface area contributed by atoms with Crippen molar-refractivity contribution < 1.29 is 14.7 Å². The minimum atomic E-state index is -0.930. The van der Waals surface area contributed by atoms with Crippen LogP contribution in [0.15, 0.2) is 29.2 Å². The maximum atomic E-state index is 12.1. The highest BCUT2D eigenvalue weighted by molar-refractivity contribution is 8.00. The molecule has 0 atom stereocenters. The van der Waals surface area contributed by atoms with Crippen LogP contribution in [0.4, 0.5) is 0 Å². The molecule has 1 aliphatic rings. The monoisotopic (exact) mass is 293 g/mol. The van der Waals surface area contributed by atoms with Crippen LogP contribution >= 0.6 is 11.8 Å². The molecule has 1 heterocycles. The van der Waals surface area contributed by atoms with Gasteiger partial charge in [0.2, 0.25) is 5.91 Å². The summed E-state index contributed by atoms with van der Waals surface area (Å²) in [5.74, 6) is 0.375. The van der Waals surface area contributed by atoms with Gasteiger partial charge in [-0.15, -0.1) is 11.8 Å². The molecule has 0 aliphatic carbocycles.